The van der Waals surface area contributed by atoms with Crippen molar-refractivity contribution in [2.75, 3.05) is 24.5 Å². The lowest BCUT2D eigenvalue weighted by Gasteiger charge is -2.41. The van der Waals surface area contributed by atoms with Gasteiger partial charge in [0.05, 0.1) is 5.52 Å². The molecule has 1 amide bonds. The highest BCUT2D eigenvalue weighted by atomic mass is 32.2. The van der Waals surface area contributed by atoms with Gasteiger partial charge in [-0.1, -0.05) is 30.2 Å². The first kappa shape index (κ1) is 25.8. The molecule has 2 atom stereocenters. The molecule has 37 heavy (non-hydrogen) atoms. The molecular formula is C28H38N4O4S. The molecule has 0 aromatic carbocycles. The third-order valence-corrected chi connectivity index (χ3v) is 10.2. The van der Waals surface area contributed by atoms with Crippen LogP contribution < -0.4 is 4.90 Å². The number of carbonyl (C=O) groups is 1. The smallest absolute Gasteiger partial charge is 0.410 e. The van der Waals surface area contributed by atoms with Crippen molar-refractivity contribution in [3.8, 4) is 0 Å². The molecule has 5 rings (SSSR count). The first-order valence-electron chi connectivity index (χ1n) is 13.2. The Morgan fingerprint density at radius 1 is 1.19 bits per heavy atom. The van der Waals surface area contributed by atoms with Gasteiger partial charge in [-0.15, -0.1) is 0 Å². The van der Waals surface area contributed by atoms with Gasteiger partial charge in [0.25, 0.3) is 0 Å². The van der Waals surface area contributed by atoms with Gasteiger partial charge in [-0.05, 0) is 71.9 Å². The van der Waals surface area contributed by atoms with Crippen molar-refractivity contribution in [3.63, 3.8) is 0 Å². The van der Waals surface area contributed by atoms with E-state index < -0.39 is 20.4 Å². The van der Waals surface area contributed by atoms with Crippen LogP contribution in [-0.4, -0.2) is 64.4 Å². The van der Waals surface area contributed by atoms with E-state index in [1.807, 2.05) is 52.8 Å². The Morgan fingerprint density at radius 3 is 2.59 bits per heavy atom. The van der Waals surface area contributed by atoms with Crippen molar-refractivity contribution in [1.29, 1.82) is 0 Å². The zero-order valence-corrected chi connectivity index (χ0v) is 23.3. The number of aromatic nitrogens is 2. The van der Waals surface area contributed by atoms with Gasteiger partial charge in [-0.25, -0.2) is 22.2 Å². The summed E-state index contributed by atoms with van der Waals surface area (Å²) in [5.74, 6) is 1.25. The maximum Gasteiger partial charge on any atom is 0.410 e. The maximum atomic E-state index is 14.0. The van der Waals surface area contributed by atoms with Gasteiger partial charge in [-0.3, -0.25) is 0 Å². The molecule has 3 heterocycles. The Balaban J connectivity index is 1.40. The molecule has 2 fully saturated rings. The van der Waals surface area contributed by atoms with Crippen molar-refractivity contribution >= 4 is 32.8 Å². The molecule has 0 N–H and O–H groups in total. The normalized spacial score (nSPS) is 25.2. The summed E-state index contributed by atoms with van der Waals surface area (Å²) >= 11 is 0. The van der Waals surface area contributed by atoms with E-state index >= 15 is 0 Å². The highest BCUT2D eigenvalue weighted by Gasteiger charge is 2.42. The van der Waals surface area contributed by atoms with E-state index in [2.05, 4.69) is 16.0 Å². The molecule has 200 valence electrons. The molecule has 2 aromatic rings. The lowest BCUT2D eigenvalue weighted by Crippen LogP contribution is -2.54. The van der Waals surface area contributed by atoms with Crippen molar-refractivity contribution in [3.05, 3.63) is 48.3 Å². The molecule has 0 spiro atoms. The molecule has 1 unspecified atom stereocenters. The highest BCUT2D eigenvalue weighted by molar-refractivity contribution is 7.91. The van der Waals surface area contributed by atoms with Crippen molar-refractivity contribution in [2.45, 2.75) is 76.7 Å². The van der Waals surface area contributed by atoms with Crippen molar-refractivity contribution in [2.24, 2.45) is 5.92 Å². The maximum absolute atomic E-state index is 14.0. The molecule has 0 bridgehead atoms. The number of pyridine rings is 1. The third kappa shape index (κ3) is 4.67. The van der Waals surface area contributed by atoms with Gasteiger partial charge in [0.2, 0.25) is 10.0 Å². The number of nitrogens with zero attached hydrogens (tertiary/aromatic N) is 4. The SMILES string of the molecule is C[C@H]1CN(C(=O)OC(C)(C)C)CCN1c1nccc2c1ccn2S(=O)(=O)C1(C)C=CC=C(C2CCC2)C1. The van der Waals surface area contributed by atoms with E-state index in [0.29, 0.717) is 37.5 Å². The average molecular weight is 527 g/mol. The number of hydrogen-bond acceptors (Lipinski definition) is 6. The second-order valence-electron chi connectivity index (χ2n) is 11.9. The fraction of sp³-hybridized carbons (Fsp3) is 0.571. The summed E-state index contributed by atoms with van der Waals surface area (Å²) in [5, 5.41) is 0.793. The molecule has 1 aliphatic heterocycles. The summed E-state index contributed by atoms with van der Waals surface area (Å²) in [4.78, 5) is 21.1. The molecule has 8 nitrogen and oxygen atoms in total. The number of fused-ring (bicyclic) bond motifs is 1. The number of ether oxygens (including phenoxy) is 1. The van der Waals surface area contributed by atoms with Crippen LogP contribution >= 0.6 is 0 Å². The van der Waals surface area contributed by atoms with Crippen LogP contribution in [0.15, 0.2) is 48.3 Å². The molecule has 1 saturated heterocycles. The molecular weight excluding hydrogens is 488 g/mol. The van der Waals surface area contributed by atoms with Crippen LogP contribution in [0.1, 0.15) is 60.3 Å². The van der Waals surface area contributed by atoms with Crippen LogP contribution in [0.3, 0.4) is 0 Å². The van der Waals surface area contributed by atoms with Gasteiger partial charge >= 0.3 is 6.09 Å². The Labute approximate surface area is 220 Å². The third-order valence-electron chi connectivity index (χ3n) is 7.90. The van der Waals surface area contributed by atoms with Gasteiger partial charge in [0.15, 0.2) is 0 Å². The van der Waals surface area contributed by atoms with Crippen LogP contribution in [0.25, 0.3) is 10.9 Å². The van der Waals surface area contributed by atoms with E-state index in [1.54, 1.807) is 23.4 Å². The highest BCUT2D eigenvalue weighted by Crippen LogP contribution is 2.42. The minimum absolute atomic E-state index is 0.00621. The second-order valence-corrected chi connectivity index (χ2v) is 14.1. The van der Waals surface area contributed by atoms with Gasteiger partial charge in [-0.2, -0.15) is 0 Å². The molecule has 1 saturated carbocycles. The molecule has 2 aromatic heterocycles. The molecule has 9 heteroatoms. The predicted octanol–water partition coefficient (Wildman–Crippen LogP) is 5.10. The van der Waals surface area contributed by atoms with Gasteiger partial charge < -0.3 is 14.5 Å². The first-order valence-corrected chi connectivity index (χ1v) is 14.7. The van der Waals surface area contributed by atoms with Crippen LogP contribution in [-0.2, 0) is 14.8 Å². The number of piperazine rings is 1. The molecule has 2 aliphatic carbocycles. The zero-order chi connectivity index (χ0) is 26.6. The predicted molar refractivity (Wildman–Crippen MR) is 146 cm³/mol. The summed E-state index contributed by atoms with van der Waals surface area (Å²) < 4.78 is 34.0. The second kappa shape index (κ2) is 9.19. The minimum Gasteiger partial charge on any atom is -0.444 e. The van der Waals surface area contributed by atoms with Gasteiger partial charge in [0, 0.05) is 43.5 Å². The Bertz CT molecular complexity index is 1370. The van der Waals surface area contributed by atoms with Gasteiger partial charge in [0.1, 0.15) is 16.2 Å². The monoisotopic (exact) mass is 526 g/mol. The van der Waals surface area contributed by atoms with Crippen LogP contribution in [0.2, 0.25) is 0 Å². The topological polar surface area (TPSA) is 84.7 Å². The zero-order valence-electron chi connectivity index (χ0n) is 22.5. The van der Waals surface area contributed by atoms with Crippen molar-refractivity contribution in [1.82, 2.24) is 13.9 Å². The summed E-state index contributed by atoms with van der Waals surface area (Å²) in [6.45, 7) is 11.1. The van der Waals surface area contributed by atoms with E-state index in [1.165, 1.54) is 16.0 Å². The van der Waals surface area contributed by atoms with E-state index in [9.17, 15) is 13.2 Å². The number of anilines is 1. The average Bonchev–Trinajstić information content (AvgIpc) is 3.22. The lowest BCUT2D eigenvalue weighted by molar-refractivity contribution is 0.0218. The summed E-state index contributed by atoms with van der Waals surface area (Å²) in [6, 6.07) is 3.62. The van der Waals surface area contributed by atoms with Crippen LogP contribution in [0.4, 0.5) is 10.6 Å². The number of carbonyl (C=O) groups excluding carboxylic acids is 1. The van der Waals surface area contributed by atoms with E-state index in [-0.39, 0.29) is 12.1 Å². The summed E-state index contributed by atoms with van der Waals surface area (Å²) in [7, 11) is -3.72. The van der Waals surface area contributed by atoms with Crippen LogP contribution in [0.5, 0.6) is 0 Å². The quantitative estimate of drug-likeness (QED) is 0.551. The Morgan fingerprint density at radius 2 is 1.95 bits per heavy atom. The Hall–Kier alpha value is -2.81. The molecule has 0 radical (unpaired) electrons. The minimum atomic E-state index is -3.72. The number of allylic oxidation sites excluding steroid dienone is 3. The number of rotatable bonds is 4. The first-order chi connectivity index (χ1) is 17.4. The number of amides is 1. The van der Waals surface area contributed by atoms with Crippen LogP contribution in [0, 0.1) is 5.92 Å². The lowest BCUT2D eigenvalue weighted by atomic mass is 9.75. The standard InChI is InChI=1S/C28H38N4O4S/c1-20-19-30(26(33)36-27(2,3)4)16-17-31(20)25-23-12-15-32(24(23)11-14-29-25)37(34,35)28(5)13-7-10-22(18-28)21-8-6-9-21/h7,10-15,20-21H,6,8-9,16-19H2,1-5H3/t20-,28?/m0/s1. The summed E-state index contributed by atoms with van der Waals surface area (Å²) in [5.41, 5.74) is 1.33. The summed E-state index contributed by atoms with van der Waals surface area (Å²) in [6.07, 6.45) is 12.9. The fourth-order valence-electron chi connectivity index (χ4n) is 5.59. The van der Waals surface area contributed by atoms with Crippen molar-refractivity contribution < 1.29 is 17.9 Å². The largest absolute Gasteiger partial charge is 0.444 e. The van der Waals surface area contributed by atoms with E-state index in [4.69, 9.17) is 4.74 Å². The molecule has 3 aliphatic rings. The fourth-order valence-corrected chi connectivity index (χ4v) is 7.28. The number of hydrogen-bond donors (Lipinski definition) is 0. The van der Waals surface area contributed by atoms with E-state index in [0.717, 1.165) is 24.0 Å². The Kier molecular flexibility index (Phi) is 6.41.